The normalized spacial score (nSPS) is 14.7. The number of nitro groups is 1. The molecule has 11 heteroatoms. The van der Waals surface area contributed by atoms with Gasteiger partial charge in [-0.1, -0.05) is 18.0 Å². The average Bonchev–Trinajstić information content (AvgIpc) is 2.77. The van der Waals surface area contributed by atoms with E-state index in [9.17, 15) is 28.1 Å². The average molecular weight is 467 g/mol. The Morgan fingerprint density at radius 3 is 2.32 bits per heavy atom. The number of esters is 1. The first-order chi connectivity index (χ1) is 14.7. The highest BCUT2D eigenvalue weighted by atomic mass is 35.5. The van der Waals surface area contributed by atoms with E-state index >= 15 is 0 Å². The fourth-order valence-electron chi connectivity index (χ4n) is 3.19. The molecule has 1 aliphatic rings. The van der Waals surface area contributed by atoms with Crippen LogP contribution in [0.15, 0.2) is 47.4 Å². The third kappa shape index (κ3) is 5.27. The number of Topliss-reactive ketones (excluding diaryl/α,β-unsaturated/α-hetero) is 1. The standard InChI is InChI=1S/C20H19ClN2O7S/c21-15-6-9-18(23(26)27)17(12-15)20(25)30-13-19(24)14-4-7-16(8-5-14)31(28,29)22-10-2-1-3-11-22/h4-9,12H,1-3,10-11,13H2. The molecule has 0 aromatic heterocycles. The molecule has 2 aromatic carbocycles. The van der Waals surface area contributed by atoms with Crippen LogP contribution in [0.1, 0.15) is 40.0 Å². The molecule has 0 amide bonds. The molecule has 0 bridgehead atoms. The summed E-state index contributed by atoms with van der Waals surface area (Å²) in [6, 6.07) is 8.78. The van der Waals surface area contributed by atoms with Gasteiger partial charge in [-0.05, 0) is 49.2 Å². The summed E-state index contributed by atoms with van der Waals surface area (Å²) in [5.41, 5.74) is -0.714. The smallest absolute Gasteiger partial charge is 0.345 e. The van der Waals surface area contributed by atoms with E-state index < -0.39 is 39.0 Å². The molecule has 0 N–H and O–H groups in total. The minimum atomic E-state index is -3.62. The molecule has 31 heavy (non-hydrogen) atoms. The number of sulfonamides is 1. The summed E-state index contributed by atoms with van der Waals surface area (Å²) in [6.07, 6.45) is 2.62. The van der Waals surface area contributed by atoms with Crippen molar-refractivity contribution in [3.05, 3.63) is 68.7 Å². The molecule has 0 saturated carbocycles. The molecule has 3 rings (SSSR count). The predicted molar refractivity (Wildman–Crippen MR) is 112 cm³/mol. The third-order valence-electron chi connectivity index (χ3n) is 4.84. The van der Waals surface area contributed by atoms with Crippen molar-refractivity contribution in [2.24, 2.45) is 0 Å². The highest BCUT2D eigenvalue weighted by Crippen LogP contribution is 2.24. The lowest BCUT2D eigenvalue weighted by Gasteiger charge is -2.25. The summed E-state index contributed by atoms with van der Waals surface area (Å²) in [6.45, 7) is 0.268. The Kier molecular flexibility index (Phi) is 7.04. The maximum absolute atomic E-state index is 12.7. The second kappa shape index (κ2) is 9.54. The summed E-state index contributed by atoms with van der Waals surface area (Å²) in [7, 11) is -3.62. The SMILES string of the molecule is O=C(COC(=O)c1cc(Cl)ccc1[N+](=O)[O-])c1ccc(S(=O)(=O)N2CCCCC2)cc1. The number of benzene rings is 2. The van der Waals surface area contributed by atoms with Crippen LogP contribution in [0, 0.1) is 10.1 Å². The van der Waals surface area contributed by atoms with Crippen molar-refractivity contribution in [1.29, 1.82) is 0 Å². The van der Waals surface area contributed by atoms with Gasteiger partial charge in [-0.25, -0.2) is 13.2 Å². The van der Waals surface area contributed by atoms with Gasteiger partial charge in [0.25, 0.3) is 5.69 Å². The van der Waals surface area contributed by atoms with E-state index in [1.54, 1.807) is 0 Å². The Hall–Kier alpha value is -2.82. The van der Waals surface area contributed by atoms with Crippen molar-refractivity contribution in [2.75, 3.05) is 19.7 Å². The predicted octanol–water partition coefficient (Wildman–Crippen LogP) is 3.46. The lowest BCUT2D eigenvalue weighted by molar-refractivity contribution is -0.385. The number of hydrogen-bond acceptors (Lipinski definition) is 7. The molecule has 9 nitrogen and oxygen atoms in total. The number of piperidine rings is 1. The molecule has 0 aliphatic carbocycles. The van der Waals surface area contributed by atoms with Gasteiger partial charge in [-0.2, -0.15) is 4.31 Å². The number of halogens is 1. The van der Waals surface area contributed by atoms with Gasteiger partial charge in [-0.15, -0.1) is 0 Å². The summed E-state index contributed by atoms with van der Waals surface area (Å²) in [5, 5.41) is 11.2. The van der Waals surface area contributed by atoms with Gasteiger partial charge in [0.2, 0.25) is 10.0 Å². The number of ether oxygens (including phenoxy) is 1. The van der Waals surface area contributed by atoms with Gasteiger partial charge in [0.15, 0.2) is 12.4 Å². The molecule has 1 fully saturated rings. The van der Waals surface area contributed by atoms with Gasteiger partial charge >= 0.3 is 5.97 Å². The second-order valence-electron chi connectivity index (χ2n) is 6.91. The van der Waals surface area contributed by atoms with E-state index in [0.29, 0.717) is 13.1 Å². The molecule has 0 radical (unpaired) electrons. The van der Waals surface area contributed by atoms with Crippen LogP contribution >= 0.6 is 11.6 Å². The van der Waals surface area contributed by atoms with Crippen molar-refractivity contribution >= 4 is 39.1 Å². The molecular formula is C20H19ClN2O7S. The van der Waals surface area contributed by atoms with Crippen molar-refractivity contribution in [1.82, 2.24) is 4.31 Å². The van der Waals surface area contributed by atoms with E-state index in [-0.39, 0.29) is 21.0 Å². The zero-order valence-electron chi connectivity index (χ0n) is 16.3. The summed E-state index contributed by atoms with van der Waals surface area (Å²) < 4.78 is 31.6. The third-order valence-corrected chi connectivity index (χ3v) is 6.99. The maximum atomic E-state index is 12.7. The number of rotatable bonds is 7. The van der Waals surface area contributed by atoms with Crippen LogP contribution in [0.4, 0.5) is 5.69 Å². The Labute approximate surface area is 183 Å². The van der Waals surface area contributed by atoms with Crippen molar-refractivity contribution in [2.45, 2.75) is 24.2 Å². The van der Waals surface area contributed by atoms with E-state index in [0.717, 1.165) is 31.4 Å². The van der Waals surface area contributed by atoms with E-state index in [2.05, 4.69) is 0 Å². The maximum Gasteiger partial charge on any atom is 0.345 e. The molecule has 0 spiro atoms. The van der Waals surface area contributed by atoms with E-state index in [1.165, 1.54) is 34.6 Å². The van der Waals surface area contributed by atoms with Crippen LogP contribution < -0.4 is 0 Å². The van der Waals surface area contributed by atoms with Crippen LogP contribution in [0.2, 0.25) is 5.02 Å². The van der Waals surface area contributed by atoms with Gasteiger partial charge in [0.1, 0.15) is 5.56 Å². The minimum Gasteiger partial charge on any atom is -0.454 e. The zero-order valence-corrected chi connectivity index (χ0v) is 17.9. The van der Waals surface area contributed by atoms with E-state index in [1.807, 2.05) is 0 Å². The van der Waals surface area contributed by atoms with Crippen LogP contribution in [0.3, 0.4) is 0 Å². The molecule has 2 aromatic rings. The minimum absolute atomic E-state index is 0.0810. The van der Waals surface area contributed by atoms with Crippen molar-refractivity contribution in [3.63, 3.8) is 0 Å². The lowest BCUT2D eigenvalue weighted by atomic mass is 10.1. The number of carbonyl (C=O) groups is 2. The first-order valence-electron chi connectivity index (χ1n) is 9.44. The first kappa shape index (κ1) is 22.9. The fourth-order valence-corrected chi connectivity index (χ4v) is 4.88. The molecule has 0 atom stereocenters. The van der Waals surface area contributed by atoms with Crippen molar-refractivity contribution < 1.29 is 27.7 Å². The highest BCUT2D eigenvalue weighted by Gasteiger charge is 2.26. The topological polar surface area (TPSA) is 124 Å². The first-order valence-corrected chi connectivity index (χ1v) is 11.3. The summed E-state index contributed by atoms with van der Waals surface area (Å²) >= 11 is 5.78. The Morgan fingerprint density at radius 1 is 1.06 bits per heavy atom. The quantitative estimate of drug-likeness (QED) is 0.265. The second-order valence-corrected chi connectivity index (χ2v) is 9.28. The zero-order chi connectivity index (χ0) is 22.6. The molecule has 0 unspecified atom stereocenters. The van der Waals surface area contributed by atoms with Gasteiger partial charge < -0.3 is 4.74 Å². The van der Waals surface area contributed by atoms with Crippen LogP contribution in [0.25, 0.3) is 0 Å². The highest BCUT2D eigenvalue weighted by molar-refractivity contribution is 7.89. The van der Waals surface area contributed by atoms with Crippen molar-refractivity contribution in [3.8, 4) is 0 Å². The Bertz CT molecular complexity index is 1110. The summed E-state index contributed by atoms with van der Waals surface area (Å²) in [5.74, 6) is -1.65. The van der Waals surface area contributed by atoms with Crippen LogP contribution in [-0.2, 0) is 14.8 Å². The monoisotopic (exact) mass is 466 g/mol. The number of carbonyl (C=O) groups excluding carboxylic acids is 2. The number of nitro benzene ring substituents is 1. The van der Waals surface area contributed by atoms with Crippen LogP contribution in [0.5, 0.6) is 0 Å². The molecule has 1 heterocycles. The Balaban J connectivity index is 1.67. The number of hydrogen-bond donors (Lipinski definition) is 0. The lowest BCUT2D eigenvalue weighted by Crippen LogP contribution is -2.35. The van der Waals surface area contributed by atoms with Gasteiger partial charge in [0.05, 0.1) is 9.82 Å². The molecule has 1 aliphatic heterocycles. The molecule has 164 valence electrons. The van der Waals surface area contributed by atoms with Gasteiger partial charge in [0, 0.05) is 29.7 Å². The largest absolute Gasteiger partial charge is 0.454 e. The van der Waals surface area contributed by atoms with Gasteiger partial charge in [-0.3, -0.25) is 14.9 Å². The fraction of sp³-hybridized carbons (Fsp3) is 0.300. The van der Waals surface area contributed by atoms with E-state index in [4.69, 9.17) is 16.3 Å². The number of nitrogens with zero attached hydrogens (tertiary/aromatic N) is 2. The summed E-state index contributed by atoms with van der Waals surface area (Å²) in [4.78, 5) is 34.9. The Morgan fingerprint density at radius 2 is 1.71 bits per heavy atom. The number of ketones is 1. The molecule has 1 saturated heterocycles. The molecular weight excluding hydrogens is 448 g/mol. The van der Waals surface area contributed by atoms with Crippen LogP contribution in [-0.4, -0.2) is 49.1 Å².